The van der Waals surface area contributed by atoms with Crippen LogP contribution in [0.3, 0.4) is 0 Å². The van der Waals surface area contributed by atoms with Gasteiger partial charge < -0.3 is 0 Å². The number of hydrogen-bond acceptors (Lipinski definition) is 2. The summed E-state index contributed by atoms with van der Waals surface area (Å²) < 4.78 is 0. The van der Waals surface area contributed by atoms with Gasteiger partial charge in [0.15, 0.2) is 11.6 Å². The van der Waals surface area contributed by atoms with Crippen LogP contribution in [0.1, 0.15) is 26.3 Å². The maximum absolute atomic E-state index is 12.4. The highest BCUT2D eigenvalue weighted by molar-refractivity contribution is 6.42. The van der Waals surface area contributed by atoms with Crippen LogP contribution in [0.5, 0.6) is 0 Å². The van der Waals surface area contributed by atoms with Crippen molar-refractivity contribution in [2.75, 3.05) is 0 Å². The van der Waals surface area contributed by atoms with Crippen molar-refractivity contribution in [3.63, 3.8) is 0 Å². The quantitative estimate of drug-likeness (QED) is 0.788. The summed E-state index contributed by atoms with van der Waals surface area (Å²) in [6.07, 6.45) is 1.37. The zero-order chi connectivity index (χ0) is 13.4. The van der Waals surface area contributed by atoms with Crippen LogP contribution in [0.15, 0.2) is 54.6 Å². The average molecular weight is 269 g/mol. The van der Waals surface area contributed by atoms with Gasteiger partial charge in [0.1, 0.15) is 0 Å². The van der Waals surface area contributed by atoms with Gasteiger partial charge in [-0.05, 0) is 12.1 Å². The summed E-state index contributed by atoms with van der Waals surface area (Å²) in [5, 5.41) is 0.467. The predicted molar refractivity (Wildman–Crippen MR) is 74.5 cm³/mol. The molecular weight excluding hydrogens is 260 g/mol. The zero-order valence-corrected chi connectivity index (χ0v) is 10.6. The van der Waals surface area contributed by atoms with Crippen molar-refractivity contribution in [3.05, 3.63) is 76.3 Å². The summed E-state index contributed by atoms with van der Waals surface area (Å²) in [6, 6.07) is 13.9. The molecule has 0 heterocycles. The fourth-order valence-corrected chi connectivity index (χ4v) is 2.43. The second-order valence-corrected chi connectivity index (χ2v) is 4.68. The second-order valence-electron chi connectivity index (χ2n) is 4.28. The standard InChI is InChI=1S/C16H9ClO2/c17-14-8-4-3-5-10(14)13-9-15(18)11-6-1-2-7-12(11)16(13)19/h1-9H. The molecule has 2 nitrogen and oxygen atoms in total. The molecule has 1 aliphatic carbocycles. The number of carbonyl (C=O) groups excluding carboxylic acids is 2. The van der Waals surface area contributed by atoms with Gasteiger partial charge in [-0.25, -0.2) is 0 Å². The predicted octanol–water partition coefficient (Wildman–Crippen LogP) is 3.80. The Bertz CT molecular complexity index is 729. The summed E-state index contributed by atoms with van der Waals surface area (Å²) in [6.45, 7) is 0. The molecule has 0 saturated carbocycles. The summed E-state index contributed by atoms with van der Waals surface area (Å²) in [7, 11) is 0. The molecule has 0 aromatic heterocycles. The van der Waals surface area contributed by atoms with Crippen LogP contribution < -0.4 is 0 Å². The van der Waals surface area contributed by atoms with Crippen LogP contribution in [-0.2, 0) is 0 Å². The first-order chi connectivity index (χ1) is 9.18. The van der Waals surface area contributed by atoms with E-state index in [1.165, 1.54) is 6.08 Å². The van der Waals surface area contributed by atoms with E-state index in [2.05, 4.69) is 0 Å². The molecule has 0 amide bonds. The lowest BCUT2D eigenvalue weighted by atomic mass is 9.86. The normalized spacial score (nSPS) is 14.1. The Kier molecular flexibility index (Phi) is 2.80. The van der Waals surface area contributed by atoms with Crippen LogP contribution >= 0.6 is 11.6 Å². The Morgan fingerprint density at radius 1 is 0.737 bits per heavy atom. The molecule has 3 heteroatoms. The Balaban J connectivity index is 2.19. The minimum atomic E-state index is -0.164. The number of halogens is 1. The Morgan fingerprint density at radius 3 is 2.00 bits per heavy atom. The van der Waals surface area contributed by atoms with Crippen molar-refractivity contribution in [1.29, 1.82) is 0 Å². The highest BCUT2D eigenvalue weighted by atomic mass is 35.5. The van der Waals surface area contributed by atoms with Gasteiger partial charge in [-0.2, -0.15) is 0 Å². The van der Waals surface area contributed by atoms with E-state index in [1.807, 2.05) is 0 Å². The third-order valence-electron chi connectivity index (χ3n) is 3.12. The smallest absolute Gasteiger partial charge is 0.194 e. The molecule has 0 saturated heterocycles. The van der Waals surface area contributed by atoms with Gasteiger partial charge >= 0.3 is 0 Å². The summed E-state index contributed by atoms with van der Waals surface area (Å²) in [5.41, 5.74) is 1.83. The molecule has 0 radical (unpaired) electrons. The molecule has 0 aliphatic heterocycles. The van der Waals surface area contributed by atoms with Gasteiger partial charge in [0.25, 0.3) is 0 Å². The number of carbonyl (C=O) groups is 2. The molecule has 1 aliphatic rings. The Morgan fingerprint density at radius 2 is 1.32 bits per heavy atom. The highest BCUT2D eigenvalue weighted by Gasteiger charge is 2.26. The van der Waals surface area contributed by atoms with Crippen LogP contribution in [-0.4, -0.2) is 11.6 Å². The Labute approximate surface area is 115 Å². The van der Waals surface area contributed by atoms with E-state index >= 15 is 0 Å². The van der Waals surface area contributed by atoms with Gasteiger partial charge in [-0.3, -0.25) is 9.59 Å². The van der Waals surface area contributed by atoms with Crippen LogP contribution in [0, 0.1) is 0 Å². The van der Waals surface area contributed by atoms with Crippen LogP contribution in [0.2, 0.25) is 5.02 Å². The molecule has 3 rings (SSSR count). The number of rotatable bonds is 1. The third-order valence-corrected chi connectivity index (χ3v) is 3.45. The summed E-state index contributed by atoms with van der Waals surface area (Å²) in [5.74, 6) is -0.326. The summed E-state index contributed by atoms with van der Waals surface area (Å²) >= 11 is 6.09. The van der Waals surface area contributed by atoms with E-state index in [4.69, 9.17) is 11.6 Å². The first-order valence-electron chi connectivity index (χ1n) is 5.83. The first kappa shape index (κ1) is 11.9. The van der Waals surface area contributed by atoms with E-state index in [0.29, 0.717) is 27.3 Å². The lowest BCUT2D eigenvalue weighted by molar-refractivity contribution is 0.100. The molecular formula is C16H9ClO2. The van der Waals surface area contributed by atoms with Gasteiger partial charge in [-0.1, -0.05) is 54.1 Å². The van der Waals surface area contributed by atoms with E-state index in [0.717, 1.165) is 0 Å². The van der Waals surface area contributed by atoms with E-state index in [9.17, 15) is 9.59 Å². The molecule has 0 spiro atoms. The molecule has 0 bridgehead atoms. The Hall–Kier alpha value is -2.19. The topological polar surface area (TPSA) is 34.1 Å². The van der Waals surface area contributed by atoms with Crippen LogP contribution in [0.4, 0.5) is 0 Å². The van der Waals surface area contributed by atoms with Crippen molar-refractivity contribution >= 4 is 28.7 Å². The lowest BCUT2D eigenvalue weighted by Crippen LogP contribution is -2.16. The highest BCUT2D eigenvalue weighted by Crippen LogP contribution is 2.31. The molecule has 2 aromatic carbocycles. The average Bonchev–Trinajstić information content (AvgIpc) is 2.44. The second kappa shape index (κ2) is 4.48. The number of benzene rings is 2. The SMILES string of the molecule is O=C1C=C(c2ccccc2Cl)C(=O)c2ccccc21. The van der Waals surface area contributed by atoms with Crippen molar-refractivity contribution < 1.29 is 9.59 Å². The molecule has 0 unspecified atom stereocenters. The van der Waals surface area contributed by atoms with E-state index < -0.39 is 0 Å². The van der Waals surface area contributed by atoms with Crippen molar-refractivity contribution in [2.24, 2.45) is 0 Å². The van der Waals surface area contributed by atoms with Crippen molar-refractivity contribution in [2.45, 2.75) is 0 Å². The van der Waals surface area contributed by atoms with Gasteiger partial charge in [0.05, 0.1) is 0 Å². The van der Waals surface area contributed by atoms with Crippen molar-refractivity contribution in [3.8, 4) is 0 Å². The van der Waals surface area contributed by atoms with Crippen LogP contribution in [0.25, 0.3) is 5.57 Å². The minimum Gasteiger partial charge on any atom is -0.289 e. The molecule has 0 N–H and O–H groups in total. The summed E-state index contributed by atoms with van der Waals surface area (Å²) in [4.78, 5) is 24.5. The molecule has 0 fully saturated rings. The molecule has 19 heavy (non-hydrogen) atoms. The zero-order valence-electron chi connectivity index (χ0n) is 9.89. The number of Topliss-reactive ketones (excluding diaryl/α,β-unsaturated/α-hetero) is 1. The van der Waals surface area contributed by atoms with E-state index in [1.54, 1.807) is 48.5 Å². The number of allylic oxidation sites excluding steroid dienone is 2. The minimum absolute atomic E-state index is 0.162. The third kappa shape index (κ3) is 1.90. The molecule has 2 aromatic rings. The molecule has 92 valence electrons. The first-order valence-corrected chi connectivity index (χ1v) is 6.21. The van der Waals surface area contributed by atoms with E-state index in [-0.39, 0.29) is 11.6 Å². The lowest BCUT2D eigenvalue weighted by Gasteiger charge is -2.15. The van der Waals surface area contributed by atoms with Crippen molar-refractivity contribution in [1.82, 2.24) is 0 Å². The maximum atomic E-state index is 12.4. The monoisotopic (exact) mass is 268 g/mol. The number of hydrogen-bond donors (Lipinski definition) is 0. The fraction of sp³-hybridized carbons (Fsp3) is 0. The molecule has 0 atom stereocenters. The largest absolute Gasteiger partial charge is 0.289 e. The number of ketones is 2. The fourth-order valence-electron chi connectivity index (χ4n) is 2.20. The van der Waals surface area contributed by atoms with Gasteiger partial charge in [0, 0.05) is 27.3 Å². The van der Waals surface area contributed by atoms with Gasteiger partial charge in [0.2, 0.25) is 0 Å². The number of fused-ring (bicyclic) bond motifs is 1. The van der Waals surface area contributed by atoms with Gasteiger partial charge in [-0.15, -0.1) is 0 Å². The maximum Gasteiger partial charge on any atom is 0.194 e.